The van der Waals surface area contributed by atoms with Gasteiger partial charge in [0.1, 0.15) is 5.75 Å². The number of rotatable bonds is 0. The van der Waals surface area contributed by atoms with Gasteiger partial charge in [0, 0.05) is 0 Å². The molecule has 0 bridgehead atoms. The van der Waals surface area contributed by atoms with Crippen LogP contribution in [0.2, 0.25) is 0 Å². The third kappa shape index (κ3) is 0.946. The Bertz CT molecular complexity index is 283. The van der Waals surface area contributed by atoms with E-state index >= 15 is 0 Å². The Morgan fingerprint density at radius 2 is 2.27 bits per heavy atom. The normalized spacial score (nSPS) is 20.4. The molecule has 1 atom stereocenters. The van der Waals surface area contributed by atoms with Crippen LogP contribution in [0, 0.1) is 6.92 Å². The minimum Gasteiger partial charge on any atom is -0.469 e. The molecule has 0 saturated heterocycles. The molecule has 2 rings (SSSR count). The number of hydrogen-bond acceptors (Lipinski definition) is 2. The fourth-order valence-corrected chi connectivity index (χ4v) is 1.35. The molecule has 2 nitrogen and oxygen atoms in total. The van der Waals surface area contributed by atoms with Gasteiger partial charge in [-0.15, -0.1) is 0 Å². The van der Waals surface area contributed by atoms with Gasteiger partial charge in [-0.3, -0.25) is 0 Å². The molecule has 0 spiro atoms. The Labute approximate surface area is 66.2 Å². The van der Waals surface area contributed by atoms with E-state index < -0.39 is 0 Å². The molecule has 0 fully saturated rings. The Morgan fingerprint density at radius 1 is 1.45 bits per heavy atom. The number of hydrogen-bond donors (Lipinski definition) is 1. The van der Waals surface area contributed by atoms with Crippen molar-refractivity contribution in [2.24, 2.45) is 0 Å². The van der Waals surface area contributed by atoms with Gasteiger partial charge in [0.15, 0.2) is 6.23 Å². The first kappa shape index (κ1) is 6.53. The van der Waals surface area contributed by atoms with Gasteiger partial charge in [0.25, 0.3) is 0 Å². The lowest BCUT2D eigenvalue weighted by molar-refractivity contribution is 0.273. The first-order valence-corrected chi connectivity index (χ1v) is 3.80. The molecule has 0 saturated carbocycles. The third-order valence-electron chi connectivity index (χ3n) is 1.87. The van der Waals surface area contributed by atoms with Crippen LogP contribution in [-0.2, 0) is 0 Å². The molecular formula is C9H11NO. The van der Waals surface area contributed by atoms with Crippen LogP contribution in [0.1, 0.15) is 12.5 Å². The first-order valence-electron chi connectivity index (χ1n) is 3.80. The van der Waals surface area contributed by atoms with Crippen molar-refractivity contribution in [3.8, 4) is 5.75 Å². The number of ether oxygens (including phenoxy) is 1. The SMILES string of the molecule is Cc1cccc2c1OC(C)N2. The van der Waals surface area contributed by atoms with Gasteiger partial charge in [-0.05, 0) is 25.5 Å². The van der Waals surface area contributed by atoms with Crippen LogP contribution >= 0.6 is 0 Å². The summed E-state index contributed by atoms with van der Waals surface area (Å²) in [6.45, 7) is 4.05. The number of para-hydroxylation sites is 1. The van der Waals surface area contributed by atoms with Gasteiger partial charge in [-0.2, -0.15) is 0 Å². The number of aryl methyl sites for hydroxylation is 1. The zero-order valence-electron chi connectivity index (χ0n) is 6.72. The van der Waals surface area contributed by atoms with Crippen LogP contribution in [0.15, 0.2) is 18.2 Å². The number of benzene rings is 1. The zero-order valence-corrected chi connectivity index (χ0v) is 6.72. The average molecular weight is 149 g/mol. The van der Waals surface area contributed by atoms with Crippen LogP contribution in [0.3, 0.4) is 0 Å². The van der Waals surface area contributed by atoms with Crippen molar-refractivity contribution >= 4 is 5.69 Å². The zero-order chi connectivity index (χ0) is 7.84. The molecule has 0 aromatic heterocycles. The van der Waals surface area contributed by atoms with E-state index in [2.05, 4.69) is 18.3 Å². The highest BCUT2D eigenvalue weighted by molar-refractivity contribution is 5.62. The molecule has 1 aromatic rings. The lowest BCUT2D eigenvalue weighted by atomic mass is 10.2. The average Bonchev–Trinajstić information content (AvgIpc) is 2.31. The van der Waals surface area contributed by atoms with E-state index in [4.69, 9.17) is 4.74 Å². The molecule has 11 heavy (non-hydrogen) atoms. The molecular weight excluding hydrogens is 138 g/mol. The minimum atomic E-state index is 0.117. The summed E-state index contributed by atoms with van der Waals surface area (Å²) in [6, 6.07) is 6.12. The van der Waals surface area contributed by atoms with E-state index in [1.807, 2.05) is 19.1 Å². The molecule has 0 aliphatic carbocycles. The highest BCUT2D eigenvalue weighted by atomic mass is 16.5. The molecule has 0 radical (unpaired) electrons. The first-order chi connectivity index (χ1) is 5.27. The maximum atomic E-state index is 5.53. The molecule has 1 unspecified atom stereocenters. The van der Waals surface area contributed by atoms with E-state index in [1.165, 1.54) is 5.56 Å². The van der Waals surface area contributed by atoms with Crippen molar-refractivity contribution in [3.63, 3.8) is 0 Å². The summed E-state index contributed by atoms with van der Waals surface area (Å²) in [5.74, 6) is 1.00. The van der Waals surface area contributed by atoms with Crippen molar-refractivity contribution in [3.05, 3.63) is 23.8 Å². The summed E-state index contributed by atoms with van der Waals surface area (Å²) in [6.07, 6.45) is 0.117. The Hall–Kier alpha value is -1.18. The van der Waals surface area contributed by atoms with E-state index in [1.54, 1.807) is 0 Å². The van der Waals surface area contributed by atoms with Gasteiger partial charge in [-0.1, -0.05) is 12.1 Å². The smallest absolute Gasteiger partial charge is 0.167 e. The number of fused-ring (bicyclic) bond motifs is 1. The summed E-state index contributed by atoms with van der Waals surface area (Å²) in [4.78, 5) is 0. The predicted octanol–water partition coefficient (Wildman–Crippen LogP) is 2.15. The van der Waals surface area contributed by atoms with Crippen LogP contribution in [0.4, 0.5) is 5.69 Å². The van der Waals surface area contributed by atoms with E-state index in [9.17, 15) is 0 Å². The fraction of sp³-hybridized carbons (Fsp3) is 0.333. The Kier molecular flexibility index (Phi) is 1.28. The Balaban J connectivity index is 2.49. The molecule has 1 aliphatic rings. The Morgan fingerprint density at radius 3 is 3.00 bits per heavy atom. The van der Waals surface area contributed by atoms with Gasteiger partial charge in [0.2, 0.25) is 0 Å². The number of anilines is 1. The summed E-state index contributed by atoms with van der Waals surface area (Å²) < 4.78 is 5.53. The lowest BCUT2D eigenvalue weighted by Crippen LogP contribution is -2.13. The summed E-state index contributed by atoms with van der Waals surface area (Å²) in [5.41, 5.74) is 2.30. The second-order valence-corrected chi connectivity index (χ2v) is 2.86. The van der Waals surface area contributed by atoms with Crippen molar-refractivity contribution in [1.82, 2.24) is 0 Å². The minimum absolute atomic E-state index is 0.117. The van der Waals surface area contributed by atoms with Crippen LogP contribution in [0.25, 0.3) is 0 Å². The molecule has 1 N–H and O–H groups in total. The fourth-order valence-electron chi connectivity index (χ4n) is 1.35. The maximum Gasteiger partial charge on any atom is 0.167 e. The highest BCUT2D eigenvalue weighted by Crippen LogP contribution is 2.34. The second kappa shape index (κ2) is 2.16. The predicted molar refractivity (Wildman–Crippen MR) is 44.9 cm³/mol. The molecule has 1 aliphatic heterocycles. The topological polar surface area (TPSA) is 21.3 Å². The quantitative estimate of drug-likeness (QED) is 0.610. The standard InChI is InChI=1S/C9H11NO/c1-6-4-3-5-8-9(6)11-7(2)10-8/h3-5,7,10H,1-2H3. The van der Waals surface area contributed by atoms with E-state index in [0.29, 0.717) is 0 Å². The monoisotopic (exact) mass is 149 g/mol. The van der Waals surface area contributed by atoms with Crippen LogP contribution < -0.4 is 10.1 Å². The maximum absolute atomic E-state index is 5.53. The lowest BCUT2D eigenvalue weighted by Gasteiger charge is -2.02. The molecule has 58 valence electrons. The van der Waals surface area contributed by atoms with Crippen LogP contribution in [-0.4, -0.2) is 6.23 Å². The van der Waals surface area contributed by atoms with Crippen LogP contribution in [0.5, 0.6) is 5.75 Å². The summed E-state index contributed by atoms with van der Waals surface area (Å²) >= 11 is 0. The van der Waals surface area contributed by atoms with Crippen molar-refractivity contribution < 1.29 is 4.74 Å². The van der Waals surface area contributed by atoms with Crippen molar-refractivity contribution in [1.29, 1.82) is 0 Å². The molecule has 2 heteroatoms. The van der Waals surface area contributed by atoms with Gasteiger partial charge >= 0.3 is 0 Å². The van der Waals surface area contributed by atoms with Gasteiger partial charge in [-0.25, -0.2) is 0 Å². The summed E-state index contributed by atoms with van der Waals surface area (Å²) in [5, 5.41) is 3.22. The molecule has 1 aromatic carbocycles. The third-order valence-corrected chi connectivity index (χ3v) is 1.87. The largest absolute Gasteiger partial charge is 0.469 e. The van der Waals surface area contributed by atoms with Gasteiger partial charge in [0.05, 0.1) is 5.69 Å². The second-order valence-electron chi connectivity index (χ2n) is 2.86. The summed E-state index contributed by atoms with van der Waals surface area (Å²) in [7, 11) is 0. The molecule has 0 amide bonds. The van der Waals surface area contributed by atoms with E-state index in [-0.39, 0.29) is 6.23 Å². The van der Waals surface area contributed by atoms with Crippen molar-refractivity contribution in [2.45, 2.75) is 20.1 Å². The number of nitrogens with one attached hydrogen (secondary N) is 1. The van der Waals surface area contributed by atoms with Crippen molar-refractivity contribution in [2.75, 3.05) is 5.32 Å². The van der Waals surface area contributed by atoms with Gasteiger partial charge < -0.3 is 10.1 Å². The molecule has 1 heterocycles. The highest BCUT2D eigenvalue weighted by Gasteiger charge is 2.18. The van der Waals surface area contributed by atoms with E-state index in [0.717, 1.165) is 11.4 Å².